The fraction of sp³-hybridized carbons (Fsp3) is 0.833. The third kappa shape index (κ3) is 6.17. The molecule has 0 spiro atoms. The van der Waals surface area contributed by atoms with Gasteiger partial charge in [-0.25, -0.2) is 0 Å². The predicted molar refractivity (Wildman–Crippen MR) is 64.1 cm³/mol. The van der Waals surface area contributed by atoms with Gasteiger partial charge < -0.3 is 11.5 Å². The number of allylic oxidation sites excluding steroid dienone is 1. The molecule has 4 N–H and O–H groups in total. The van der Waals surface area contributed by atoms with Gasteiger partial charge in [0.15, 0.2) is 0 Å². The van der Waals surface area contributed by atoms with Gasteiger partial charge in [0.05, 0.1) is 0 Å². The molecular weight excluding hydrogens is 172 g/mol. The predicted octanol–water partition coefficient (Wildman–Crippen LogP) is 2.44. The minimum absolute atomic E-state index is 0.590. The minimum atomic E-state index is 0.590. The lowest BCUT2D eigenvalue weighted by molar-refractivity contribution is 0.536. The van der Waals surface area contributed by atoms with Crippen LogP contribution in [0.5, 0.6) is 0 Å². The van der Waals surface area contributed by atoms with Crippen LogP contribution in [-0.4, -0.2) is 13.1 Å². The summed E-state index contributed by atoms with van der Waals surface area (Å²) in [5.74, 6) is 0.590. The van der Waals surface area contributed by atoms with Crippen LogP contribution < -0.4 is 11.5 Å². The first-order valence-electron chi connectivity index (χ1n) is 5.83. The second-order valence-corrected chi connectivity index (χ2v) is 3.95. The molecule has 0 fully saturated rings. The molecule has 0 radical (unpaired) electrons. The average Bonchev–Trinajstić information content (AvgIpc) is 2.19. The Labute approximate surface area is 88.7 Å². The Morgan fingerprint density at radius 2 is 2.00 bits per heavy atom. The summed E-state index contributed by atoms with van der Waals surface area (Å²) in [7, 11) is 0. The summed E-state index contributed by atoms with van der Waals surface area (Å²) in [5, 5.41) is 0. The van der Waals surface area contributed by atoms with Gasteiger partial charge in [-0.2, -0.15) is 0 Å². The molecule has 2 nitrogen and oxygen atoms in total. The molecule has 0 aromatic carbocycles. The third-order valence-corrected chi connectivity index (χ3v) is 2.71. The third-order valence-electron chi connectivity index (χ3n) is 2.71. The van der Waals surface area contributed by atoms with Crippen molar-refractivity contribution in [2.45, 2.75) is 46.0 Å². The summed E-state index contributed by atoms with van der Waals surface area (Å²) >= 11 is 0. The number of rotatable bonds is 8. The maximum Gasteiger partial charge on any atom is -0.00116 e. The van der Waals surface area contributed by atoms with Crippen molar-refractivity contribution in [3.63, 3.8) is 0 Å². The highest BCUT2D eigenvalue weighted by molar-refractivity contribution is 5.03. The summed E-state index contributed by atoms with van der Waals surface area (Å²) in [6.45, 7) is 5.99. The Morgan fingerprint density at radius 1 is 1.29 bits per heavy atom. The van der Waals surface area contributed by atoms with Gasteiger partial charge in [-0.05, 0) is 45.2 Å². The molecule has 2 heteroatoms. The van der Waals surface area contributed by atoms with E-state index in [1.807, 2.05) is 0 Å². The van der Waals surface area contributed by atoms with E-state index < -0.39 is 0 Å². The molecule has 0 aromatic heterocycles. The van der Waals surface area contributed by atoms with Crippen molar-refractivity contribution in [3.05, 3.63) is 11.6 Å². The smallest absolute Gasteiger partial charge is 0.00116 e. The highest BCUT2D eigenvalue weighted by atomic mass is 14.5. The highest BCUT2D eigenvalue weighted by Gasteiger charge is 2.07. The number of nitrogens with two attached hydrogens (primary N) is 2. The molecule has 0 bridgehead atoms. The van der Waals surface area contributed by atoms with Gasteiger partial charge in [0.2, 0.25) is 0 Å². The standard InChI is InChI=1S/C12H26N2/c1-3-4-8-12(10-14)11(2)7-5-6-9-13/h7,12H,3-6,8-10,13-14H2,1-2H3. The van der Waals surface area contributed by atoms with Gasteiger partial charge in [0.25, 0.3) is 0 Å². The maximum atomic E-state index is 5.75. The van der Waals surface area contributed by atoms with Crippen molar-refractivity contribution in [1.82, 2.24) is 0 Å². The Hall–Kier alpha value is -0.340. The molecule has 0 aliphatic rings. The fourth-order valence-electron chi connectivity index (χ4n) is 1.60. The lowest BCUT2D eigenvalue weighted by Gasteiger charge is -2.15. The van der Waals surface area contributed by atoms with Gasteiger partial charge in [-0.1, -0.05) is 31.4 Å². The van der Waals surface area contributed by atoms with E-state index in [0.29, 0.717) is 5.92 Å². The van der Waals surface area contributed by atoms with E-state index in [-0.39, 0.29) is 0 Å². The molecule has 1 unspecified atom stereocenters. The molecule has 1 atom stereocenters. The van der Waals surface area contributed by atoms with Crippen molar-refractivity contribution in [2.24, 2.45) is 17.4 Å². The van der Waals surface area contributed by atoms with Crippen molar-refractivity contribution < 1.29 is 0 Å². The van der Waals surface area contributed by atoms with E-state index >= 15 is 0 Å². The molecule has 0 rings (SSSR count). The zero-order chi connectivity index (χ0) is 10.8. The Kier molecular flexibility index (Phi) is 9.00. The van der Waals surface area contributed by atoms with Crippen molar-refractivity contribution >= 4 is 0 Å². The molecule has 0 aromatic rings. The van der Waals surface area contributed by atoms with Crippen LogP contribution in [-0.2, 0) is 0 Å². The van der Waals surface area contributed by atoms with E-state index in [1.54, 1.807) is 0 Å². The summed E-state index contributed by atoms with van der Waals surface area (Å²) in [6, 6.07) is 0. The summed E-state index contributed by atoms with van der Waals surface area (Å²) < 4.78 is 0. The largest absolute Gasteiger partial charge is 0.330 e. The summed E-state index contributed by atoms with van der Waals surface area (Å²) in [6.07, 6.45) is 8.27. The van der Waals surface area contributed by atoms with E-state index in [9.17, 15) is 0 Å². The van der Waals surface area contributed by atoms with Crippen LogP contribution in [0.2, 0.25) is 0 Å². The quantitative estimate of drug-likeness (QED) is 0.465. The molecule has 0 saturated heterocycles. The zero-order valence-corrected chi connectivity index (χ0v) is 9.76. The molecule has 0 saturated carbocycles. The van der Waals surface area contributed by atoms with Crippen molar-refractivity contribution in [3.8, 4) is 0 Å². The number of unbranched alkanes of at least 4 members (excludes halogenated alkanes) is 2. The molecule has 0 heterocycles. The van der Waals surface area contributed by atoms with Crippen LogP contribution in [0.1, 0.15) is 46.0 Å². The first-order chi connectivity index (χ1) is 6.76. The Morgan fingerprint density at radius 3 is 2.50 bits per heavy atom. The van der Waals surface area contributed by atoms with Gasteiger partial charge in [0.1, 0.15) is 0 Å². The van der Waals surface area contributed by atoms with Gasteiger partial charge in [-0.15, -0.1) is 0 Å². The second-order valence-electron chi connectivity index (χ2n) is 3.95. The molecule has 84 valence electrons. The van der Waals surface area contributed by atoms with Crippen LogP contribution in [0.15, 0.2) is 11.6 Å². The van der Waals surface area contributed by atoms with Crippen LogP contribution in [0.4, 0.5) is 0 Å². The normalized spacial score (nSPS) is 14.4. The van der Waals surface area contributed by atoms with Crippen molar-refractivity contribution in [1.29, 1.82) is 0 Å². The second kappa shape index (κ2) is 9.22. The zero-order valence-electron chi connectivity index (χ0n) is 9.76. The first-order valence-corrected chi connectivity index (χ1v) is 5.83. The van der Waals surface area contributed by atoms with E-state index in [2.05, 4.69) is 19.9 Å². The van der Waals surface area contributed by atoms with E-state index in [4.69, 9.17) is 11.5 Å². The monoisotopic (exact) mass is 198 g/mol. The topological polar surface area (TPSA) is 52.0 Å². The Balaban J connectivity index is 3.88. The van der Waals surface area contributed by atoms with Gasteiger partial charge >= 0.3 is 0 Å². The number of hydrogen-bond donors (Lipinski definition) is 2. The van der Waals surface area contributed by atoms with Crippen LogP contribution in [0.25, 0.3) is 0 Å². The van der Waals surface area contributed by atoms with Crippen LogP contribution in [0.3, 0.4) is 0 Å². The van der Waals surface area contributed by atoms with Crippen molar-refractivity contribution in [2.75, 3.05) is 13.1 Å². The molecule has 14 heavy (non-hydrogen) atoms. The van der Waals surface area contributed by atoms with Gasteiger partial charge in [-0.3, -0.25) is 0 Å². The molecule has 0 aliphatic carbocycles. The van der Waals surface area contributed by atoms with E-state index in [1.165, 1.54) is 24.8 Å². The average molecular weight is 198 g/mol. The fourth-order valence-corrected chi connectivity index (χ4v) is 1.60. The summed E-state index contributed by atoms with van der Waals surface area (Å²) in [5.41, 5.74) is 12.7. The van der Waals surface area contributed by atoms with E-state index in [0.717, 1.165) is 25.9 Å². The lowest BCUT2D eigenvalue weighted by atomic mass is 9.93. The Bertz CT molecular complexity index is 152. The van der Waals surface area contributed by atoms with Crippen LogP contribution in [0, 0.1) is 5.92 Å². The summed E-state index contributed by atoms with van der Waals surface area (Å²) in [4.78, 5) is 0. The molecule has 0 amide bonds. The highest BCUT2D eigenvalue weighted by Crippen LogP contribution is 2.17. The van der Waals surface area contributed by atoms with Gasteiger partial charge in [0, 0.05) is 0 Å². The molecule has 0 aliphatic heterocycles. The lowest BCUT2D eigenvalue weighted by Crippen LogP contribution is -2.15. The molecular formula is C12H26N2. The minimum Gasteiger partial charge on any atom is -0.330 e. The maximum absolute atomic E-state index is 5.75. The van der Waals surface area contributed by atoms with Crippen LogP contribution >= 0.6 is 0 Å². The number of hydrogen-bond acceptors (Lipinski definition) is 2. The first kappa shape index (κ1) is 13.7. The SMILES string of the molecule is CCCCC(CN)C(C)=CCCCN.